The number of rotatable bonds is 3. The van der Waals surface area contributed by atoms with Crippen molar-refractivity contribution >= 4 is 10.0 Å². The Hall–Kier alpha value is -1.02. The van der Waals surface area contributed by atoms with E-state index in [1.165, 1.54) is 16.4 Å². The molecule has 1 N–H and O–H groups in total. The summed E-state index contributed by atoms with van der Waals surface area (Å²) in [4.78, 5) is 1.78. The Labute approximate surface area is 125 Å². The molecule has 1 aromatic carbocycles. The average molecular weight is 316 g/mol. The molecule has 7 heteroatoms. The third-order valence-corrected chi connectivity index (χ3v) is 5.99. The molecule has 1 saturated heterocycles. The highest BCUT2D eigenvalue weighted by Crippen LogP contribution is 2.24. The molecule has 1 aliphatic rings. The van der Waals surface area contributed by atoms with E-state index in [-0.39, 0.29) is 23.6 Å². The summed E-state index contributed by atoms with van der Waals surface area (Å²) in [5.41, 5.74) is 0.353. The first-order valence-electron chi connectivity index (χ1n) is 6.88. The molecule has 0 spiro atoms. The molecule has 1 aromatic rings. The van der Waals surface area contributed by atoms with E-state index in [1.54, 1.807) is 0 Å². The Morgan fingerprint density at radius 1 is 1.29 bits per heavy atom. The number of benzene rings is 1. The fraction of sp³-hybridized carbons (Fsp3) is 0.571. The monoisotopic (exact) mass is 316 g/mol. The zero-order valence-electron chi connectivity index (χ0n) is 12.5. The number of halogens is 1. The molecular weight excluding hydrogens is 295 g/mol. The van der Waals surface area contributed by atoms with Gasteiger partial charge in [-0.2, -0.15) is 4.31 Å². The number of aliphatic hydroxyl groups excluding tert-OH is 1. The Balaban J connectivity index is 2.34. The van der Waals surface area contributed by atoms with Gasteiger partial charge in [-0.25, -0.2) is 12.8 Å². The van der Waals surface area contributed by atoms with Gasteiger partial charge in [0.15, 0.2) is 0 Å². The molecule has 21 heavy (non-hydrogen) atoms. The molecule has 1 aliphatic heterocycles. The number of aliphatic hydroxyl groups is 1. The van der Waals surface area contributed by atoms with Crippen molar-refractivity contribution in [2.45, 2.75) is 37.4 Å². The summed E-state index contributed by atoms with van der Waals surface area (Å²) in [5.74, 6) is -0.819. The first kappa shape index (κ1) is 16.4. The minimum Gasteiger partial charge on any atom is -0.392 e. The molecule has 2 rings (SSSR count). The van der Waals surface area contributed by atoms with Crippen LogP contribution >= 0.6 is 0 Å². The minimum atomic E-state index is -3.86. The third kappa shape index (κ3) is 3.11. The molecule has 1 heterocycles. The van der Waals surface area contributed by atoms with Crippen LogP contribution in [0.25, 0.3) is 0 Å². The van der Waals surface area contributed by atoms with Gasteiger partial charge in [0.25, 0.3) is 0 Å². The molecule has 2 atom stereocenters. The van der Waals surface area contributed by atoms with E-state index < -0.39 is 15.8 Å². The van der Waals surface area contributed by atoms with Crippen LogP contribution in [0.2, 0.25) is 0 Å². The number of hydrogen-bond donors (Lipinski definition) is 1. The van der Waals surface area contributed by atoms with Crippen LogP contribution in [-0.2, 0) is 16.6 Å². The van der Waals surface area contributed by atoms with Crippen molar-refractivity contribution in [3.8, 4) is 0 Å². The SMILES string of the molecule is CC1CN(S(=O)(=O)c2ccc(CO)cc2F)CC(C)N1C. The molecule has 118 valence electrons. The Bertz CT molecular complexity index is 609. The van der Waals surface area contributed by atoms with E-state index in [1.807, 2.05) is 20.9 Å². The summed E-state index contributed by atoms with van der Waals surface area (Å²) >= 11 is 0. The van der Waals surface area contributed by atoms with E-state index in [2.05, 4.69) is 4.90 Å². The zero-order chi connectivity index (χ0) is 15.8. The molecule has 0 aromatic heterocycles. The van der Waals surface area contributed by atoms with Gasteiger partial charge in [-0.1, -0.05) is 6.07 Å². The van der Waals surface area contributed by atoms with E-state index in [9.17, 15) is 12.8 Å². The number of piperazine rings is 1. The lowest BCUT2D eigenvalue weighted by Crippen LogP contribution is -2.56. The van der Waals surface area contributed by atoms with Gasteiger partial charge in [-0.3, -0.25) is 4.90 Å². The maximum atomic E-state index is 14.0. The topological polar surface area (TPSA) is 60.9 Å². The Morgan fingerprint density at radius 2 is 1.86 bits per heavy atom. The number of likely N-dealkylation sites (N-methyl/N-ethyl adjacent to an activating group) is 1. The van der Waals surface area contributed by atoms with E-state index in [4.69, 9.17) is 5.11 Å². The third-order valence-electron chi connectivity index (χ3n) is 4.12. The summed E-state index contributed by atoms with van der Waals surface area (Å²) in [6.07, 6.45) is 0. The van der Waals surface area contributed by atoms with Gasteiger partial charge in [0.05, 0.1) is 6.61 Å². The van der Waals surface area contributed by atoms with E-state index in [0.717, 1.165) is 6.07 Å². The Morgan fingerprint density at radius 3 is 2.33 bits per heavy atom. The van der Waals surface area contributed by atoms with Crippen molar-refractivity contribution in [3.05, 3.63) is 29.6 Å². The van der Waals surface area contributed by atoms with Gasteiger partial charge >= 0.3 is 0 Å². The predicted molar refractivity (Wildman–Crippen MR) is 77.8 cm³/mol. The summed E-state index contributed by atoms with van der Waals surface area (Å²) in [6, 6.07) is 3.87. The van der Waals surface area contributed by atoms with Crippen LogP contribution in [0, 0.1) is 5.82 Å². The normalized spacial score (nSPS) is 25.2. The smallest absolute Gasteiger partial charge is 0.246 e. The van der Waals surface area contributed by atoms with Crippen LogP contribution in [0.3, 0.4) is 0 Å². The summed E-state index contributed by atoms with van der Waals surface area (Å²) < 4.78 is 40.6. The molecular formula is C14H21FN2O3S. The number of hydrogen-bond acceptors (Lipinski definition) is 4. The lowest BCUT2D eigenvalue weighted by Gasteiger charge is -2.41. The van der Waals surface area contributed by atoms with Crippen molar-refractivity contribution in [3.63, 3.8) is 0 Å². The summed E-state index contributed by atoms with van der Waals surface area (Å²) in [7, 11) is -1.90. The molecule has 0 saturated carbocycles. The second kappa shape index (κ2) is 6.00. The highest BCUT2D eigenvalue weighted by molar-refractivity contribution is 7.89. The summed E-state index contributed by atoms with van der Waals surface area (Å²) in [5, 5.41) is 8.97. The van der Waals surface area contributed by atoms with Gasteiger partial charge < -0.3 is 5.11 Å². The first-order chi connectivity index (χ1) is 9.77. The lowest BCUT2D eigenvalue weighted by atomic mass is 10.1. The lowest BCUT2D eigenvalue weighted by molar-refractivity contribution is 0.105. The van der Waals surface area contributed by atoms with Crippen molar-refractivity contribution in [1.82, 2.24) is 9.21 Å². The molecule has 2 unspecified atom stereocenters. The Kier molecular flexibility index (Phi) is 4.67. The van der Waals surface area contributed by atoms with Crippen LogP contribution < -0.4 is 0 Å². The van der Waals surface area contributed by atoms with Crippen LogP contribution in [-0.4, -0.2) is 55.0 Å². The van der Waals surface area contributed by atoms with Gasteiger partial charge in [-0.05, 0) is 38.6 Å². The largest absolute Gasteiger partial charge is 0.392 e. The van der Waals surface area contributed by atoms with Gasteiger partial charge in [-0.15, -0.1) is 0 Å². The standard InChI is InChI=1S/C14H21FN2O3S/c1-10-7-17(8-11(2)16(10)3)21(19,20)14-5-4-12(9-18)6-13(14)15/h4-6,10-11,18H,7-9H2,1-3H3. The zero-order valence-corrected chi connectivity index (χ0v) is 13.3. The van der Waals surface area contributed by atoms with Crippen LogP contribution in [0.1, 0.15) is 19.4 Å². The maximum absolute atomic E-state index is 14.0. The van der Waals surface area contributed by atoms with Gasteiger partial charge in [0.2, 0.25) is 10.0 Å². The van der Waals surface area contributed by atoms with Crippen LogP contribution in [0.15, 0.2) is 23.1 Å². The minimum absolute atomic E-state index is 0.0725. The summed E-state index contributed by atoms with van der Waals surface area (Å²) in [6.45, 7) is 4.25. The first-order valence-corrected chi connectivity index (χ1v) is 8.32. The molecule has 0 aliphatic carbocycles. The second-order valence-electron chi connectivity index (χ2n) is 5.61. The van der Waals surface area contributed by atoms with Crippen molar-refractivity contribution < 1.29 is 17.9 Å². The van der Waals surface area contributed by atoms with Crippen LogP contribution in [0.4, 0.5) is 4.39 Å². The highest BCUT2D eigenvalue weighted by atomic mass is 32.2. The van der Waals surface area contributed by atoms with Crippen LogP contribution in [0.5, 0.6) is 0 Å². The van der Waals surface area contributed by atoms with E-state index >= 15 is 0 Å². The number of nitrogens with zero attached hydrogens (tertiary/aromatic N) is 2. The number of sulfonamides is 1. The molecule has 0 bridgehead atoms. The van der Waals surface area contributed by atoms with E-state index in [0.29, 0.717) is 18.7 Å². The van der Waals surface area contributed by atoms with Crippen molar-refractivity contribution in [2.24, 2.45) is 0 Å². The quantitative estimate of drug-likeness (QED) is 0.905. The fourth-order valence-electron chi connectivity index (χ4n) is 2.54. The van der Waals surface area contributed by atoms with Gasteiger partial charge in [0.1, 0.15) is 10.7 Å². The fourth-order valence-corrected chi connectivity index (χ4v) is 4.19. The molecule has 1 fully saturated rings. The predicted octanol–water partition coefficient (Wildman–Crippen LogP) is 1.03. The maximum Gasteiger partial charge on any atom is 0.246 e. The van der Waals surface area contributed by atoms with Gasteiger partial charge in [0, 0.05) is 25.2 Å². The van der Waals surface area contributed by atoms with Crippen molar-refractivity contribution in [2.75, 3.05) is 20.1 Å². The van der Waals surface area contributed by atoms with Crippen molar-refractivity contribution in [1.29, 1.82) is 0 Å². The average Bonchev–Trinajstić information content (AvgIpc) is 2.43. The second-order valence-corrected chi connectivity index (χ2v) is 7.51. The molecule has 0 radical (unpaired) electrons. The molecule has 0 amide bonds. The highest BCUT2D eigenvalue weighted by Gasteiger charge is 2.35. The molecule has 5 nitrogen and oxygen atoms in total.